The zero-order valence-corrected chi connectivity index (χ0v) is 12.3. The average Bonchev–Trinajstić information content (AvgIpc) is 2.41. The molecule has 106 valence electrons. The van der Waals surface area contributed by atoms with E-state index in [-0.39, 0.29) is 17.0 Å². The Morgan fingerprint density at radius 1 is 1.37 bits per heavy atom. The highest BCUT2D eigenvalue weighted by molar-refractivity contribution is 7.89. The van der Waals surface area contributed by atoms with Gasteiger partial charge in [0.1, 0.15) is 5.75 Å². The van der Waals surface area contributed by atoms with Gasteiger partial charge in [0.05, 0.1) is 12.0 Å². The molecule has 2 atom stereocenters. The van der Waals surface area contributed by atoms with E-state index in [0.29, 0.717) is 18.8 Å². The third kappa shape index (κ3) is 2.91. The van der Waals surface area contributed by atoms with Crippen molar-refractivity contribution in [2.45, 2.75) is 30.8 Å². The minimum absolute atomic E-state index is 0.0487. The van der Waals surface area contributed by atoms with E-state index in [2.05, 4.69) is 5.32 Å². The Hall–Kier alpha value is -1.11. The van der Waals surface area contributed by atoms with Crippen molar-refractivity contribution >= 4 is 10.0 Å². The maximum Gasteiger partial charge on any atom is 0.243 e. The van der Waals surface area contributed by atoms with Gasteiger partial charge in [-0.2, -0.15) is 4.31 Å². The summed E-state index contributed by atoms with van der Waals surface area (Å²) in [5.74, 6) is 0.553. The molecular formula is C13H20N2O3S. The molecule has 1 aliphatic rings. The van der Waals surface area contributed by atoms with Gasteiger partial charge in [-0.25, -0.2) is 8.42 Å². The molecule has 1 aromatic rings. The van der Waals surface area contributed by atoms with Gasteiger partial charge in [0.2, 0.25) is 10.0 Å². The van der Waals surface area contributed by atoms with Gasteiger partial charge in [-0.15, -0.1) is 0 Å². The lowest BCUT2D eigenvalue weighted by Gasteiger charge is -2.36. The van der Waals surface area contributed by atoms with Crippen molar-refractivity contribution in [3.8, 4) is 5.75 Å². The van der Waals surface area contributed by atoms with E-state index in [1.807, 2.05) is 13.8 Å². The highest BCUT2D eigenvalue weighted by Gasteiger charge is 2.33. The first-order chi connectivity index (χ1) is 8.95. The van der Waals surface area contributed by atoms with Crippen LogP contribution in [0.4, 0.5) is 0 Å². The molecule has 1 aromatic carbocycles. The lowest BCUT2D eigenvalue weighted by molar-refractivity contribution is 0.244. The molecule has 1 aliphatic heterocycles. The quantitative estimate of drug-likeness (QED) is 0.902. The van der Waals surface area contributed by atoms with Crippen molar-refractivity contribution in [2.24, 2.45) is 0 Å². The maximum absolute atomic E-state index is 12.7. The van der Waals surface area contributed by atoms with E-state index in [0.717, 1.165) is 0 Å². The number of methoxy groups -OCH3 is 1. The van der Waals surface area contributed by atoms with Crippen molar-refractivity contribution in [2.75, 3.05) is 20.2 Å². The highest BCUT2D eigenvalue weighted by atomic mass is 32.2. The summed E-state index contributed by atoms with van der Waals surface area (Å²) in [6.07, 6.45) is 0. The Labute approximate surface area is 114 Å². The third-order valence-electron chi connectivity index (χ3n) is 3.35. The van der Waals surface area contributed by atoms with Crippen LogP contribution in [0.15, 0.2) is 29.2 Å². The fourth-order valence-electron chi connectivity index (χ4n) is 2.22. The molecule has 0 bridgehead atoms. The van der Waals surface area contributed by atoms with Crippen LogP contribution < -0.4 is 10.1 Å². The first kappa shape index (κ1) is 14.3. The van der Waals surface area contributed by atoms with Crippen LogP contribution in [0.5, 0.6) is 5.75 Å². The Morgan fingerprint density at radius 3 is 2.79 bits per heavy atom. The van der Waals surface area contributed by atoms with Crippen LogP contribution in [0.25, 0.3) is 0 Å². The molecule has 2 rings (SSSR count). The molecule has 1 saturated heterocycles. The predicted molar refractivity (Wildman–Crippen MR) is 73.8 cm³/mol. The third-order valence-corrected chi connectivity index (χ3v) is 5.33. The molecule has 1 fully saturated rings. The van der Waals surface area contributed by atoms with Gasteiger partial charge in [-0.1, -0.05) is 6.07 Å². The first-order valence-corrected chi connectivity index (χ1v) is 7.78. The van der Waals surface area contributed by atoms with Gasteiger partial charge in [0.25, 0.3) is 0 Å². The average molecular weight is 284 g/mol. The predicted octanol–water partition coefficient (Wildman–Crippen LogP) is 1.07. The van der Waals surface area contributed by atoms with Gasteiger partial charge in [0, 0.05) is 31.2 Å². The summed E-state index contributed by atoms with van der Waals surface area (Å²) in [4.78, 5) is 0.285. The molecule has 19 heavy (non-hydrogen) atoms. The number of hydrogen-bond acceptors (Lipinski definition) is 4. The largest absolute Gasteiger partial charge is 0.497 e. The minimum Gasteiger partial charge on any atom is -0.497 e. The van der Waals surface area contributed by atoms with E-state index in [1.165, 1.54) is 7.11 Å². The summed E-state index contributed by atoms with van der Waals surface area (Å²) in [6.45, 7) is 5.06. The summed E-state index contributed by atoms with van der Waals surface area (Å²) in [6, 6.07) is 6.72. The molecule has 0 aliphatic carbocycles. The molecule has 1 N–H and O–H groups in total. The number of hydrogen-bond donors (Lipinski definition) is 1. The van der Waals surface area contributed by atoms with E-state index >= 15 is 0 Å². The van der Waals surface area contributed by atoms with Gasteiger partial charge in [-0.05, 0) is 26.0 Å². The molecule has 0 amide bonds. The van der Waals surface area contributed by atoms with Gasteiger partial charge in [0.15, 0.2) is 0 Å². The number of ether oxygens (including phenoxy) is 1. The molecule has 0 saturated carbocycles. The van der Waals surface area contributed by atoms with Gasteiger partial charge in [-0.3, -0.25) is 0 Å². The van der Waals surface area contributed by atoms with Crippen LogP contribution in [0.3, 0.4) is 0 Å². The van der Waals surface area contributed by atoms with Crippen LogP contribution in [0.1, 0.15) is 13.8 Å². The Bertz CT molecular complexity index is 545. The number of sulfonamides is 1. The number of benzene rings is 1. The van der Waals surface area contributed by atoms with Crippen molar-refractivity contribution < 1.29 is 13.2 Å². The topological polar surface area (TPSA) is 58.6 Å². The van der Waals surface area contributed by atoms with Crippen molar-refractivity contribution in [3.05, 3.63) is 24.3 Å². The molecule has 6 heteroatoms. The summed E-state index contributed by atoms with van der Waals surface area (Å²) >= 11 is 0. The molecule has 5 nitrogen and oxygen atoms in total. The van der Waals surface area contributed by atoms with E-state index in [4.69, 9.17) is 4.74 Å². The zero-order valence-electron chi connectivity index (χ0n) is 11.5. The standard InChI is InChI=1S/C13H20N2O3S/c1-10-9-15(11(2)8-14-10)19(16,17)13-6-4-5-12(7-13)18-3/h4-7,10-11,14H,8-9H2,1-3H3. The molecule has 0 radical (unpaired) electrons. The molecule has 0 aromatic heterocycles. The zero-order chi connectivity index (χ0) is 14.0. The van der Waals surface area contributed by atoms with Crippen LogP contribution in [-0.4, -0.2) is 45.0 Å². The maximum atomic E-state index is 12.7. The summed E-state index contributed by atoms with van der Waals surface area (Å²) in [5, 5.41) is 3.28. The number of nitrogens with one attached hydrogen (secondary N) is 1. The second-order valence-corrected chi connectivity index (χ2v) is 6.80. The normalized spacial score (nSPS) is 25.2. The second-order valence-electron chi connectivity index (χ2n) is 4.91. The summed E-state index contributed by atoms with van der Waals surface area (Å²) in [7, 11) is -1.93. The number of nitrogens with zero attached hydrogens (tertiary/aromatic N) is 1. The SMILES string of the molecule is COc1cccc(S(=O)(=O)N2CC(C)NCC2C)c1. The van der Waals surface area contributed by atoms with Crippen molar-refractivity contribution in [1.82, 2.24) is 9.62 Å². The van der Waals surface area contributed by atoms with Gasteiger partial charge < -0.3 is 10.1 Å². The van der Waals surface area contributed by atoms with Crippen molar-refractivity contribution in [3.63, 3.8) is 0 Å². The summed E-state index contributed by atoms with van der Waals surface area (Å²) in [5.41, 5.74) is 0. The lowest BCUT2D eigenvalue weighted by atomic mass is 10.2. The first-order valence-electron chi connectivity index (χ1n) is 6.34. The lowest BCUT2D eigenvalue weighted by Crippen LogP contribution is -2.56. The van der Waals surface area contributed by atoms with Crippen LogP contribution in [0, 0.1) is 0 Å². The molecule has 1 heterocycles. The van der Waals surface area contributed by atoms with E-state index in [9.17, 15) is 8.42 Å². The summed E-state index contributed by atoms with van der Waals surface area (Å²) < 4.78 is 32.0. The fourth-order valence-corrected chi connectivity index (χ4v) is 3.97. The van der Waals surface area contributed by atoms with E-state index in [1.54, 1.807) is 28.6 Å². The number of rotatable bonds is 3. The molecule has 0 spiro atoms. The van der Waals surface area contributed by atoms with Gasteiger partial charge >= 0.3 is 0 Å². The highest BCUT2D eigenvalue weighted by Crippen LogP contribution is 2.23. The van der Waals surface area contributed by atoms with Crippen LogP contribution >= 0.6 is 0 Å². The Balaban J connectivity index is 2.35. The second kappa shape index (κ2) is 5.48. The minimum atomic E-state index is -3.46. The van der Waals surface area contributed by atoms with E-state index < -0.39 is 10.0 Å². The smallest absolute Gasteiger partial charge is 0.243 e. The molecular weight excluding hydrogens is 264 g/mol. The Morgan fingerprint density at radius 2 is 2.11 bits per heavy atom. The van der Waals surface area contributed by atoms with Crippen LogP contribution in [-0.2, 0) is 10.0 Å². The number of piperazine rings is 1. The monoisotopic (exact) mass is 284 g/mol. The Kier molecular flexibility index (Phi) is 4.13. The van der Waals surface area contributed by atoms with Crippen molar-refractivity contribution in [1.29, 1.82) is 0 Å². The fraction of sp³-hybridized carbons (Fsp3) is 0.538. The van der Waals surface area contributed by atoms with Crippen LogP contribution in [0.2, 0.25) is 0 Å². The molecule has 2 unspecified atom stereocenters.